The van der Waals surface area contributed by atoms with Crippen LogP contribution in [0.4, 0.5) is 0 Å². The molecule has 1 fully saturated rings. The fourth-order valence-corrected chi connectivity index (χ4v) is 5.45. The lowest BCUT2D eigenvalue weighted by Gasteiger charge is -2.45. The summed E-state index contributed by atoms with van der Waals surface area (Å²) in [5.74, 6) is 3.20. The van der Waals surface area contributed by atoms with Gasteiger partial charge in [-0.05, 0) is 66.6 Å². The van der Waals surface area contributed by atoms with E-state index in [-0.39, 0.29) is 11.5 Å². The van der Waals surface area contributed by atoms with Crippen LogP contribution in [0.2, 0.25) is 0 Å². The summed E-state index contributed by atoms with van der Waals surface area (Å²) < 4.78 is 22.2. The quantitative estimate of drug-likeness (QED) is 0.661. The molecule has 1 heterocycles. The summed E-state index contributed by atoms with van der Waals surface area (Å²) in [7, 11) is 6.80. The van der Waals surface area contributed by atoms with Gasteiger partial charge in [-0.15, -0.1) is 0 Å². The molecule has 1 N–H and O–H groups in total. The number of ether oxygens (including phenoxy) is 4. The van der Waals surface area contributed by atoms with Crippen molar-refractivity contribution in [1.82, 2.24) is 5.32 Å². The van der Waals surface area contributed by atoms with Crippen LogP contribution < -0.4 is 24.3 Å². The Kier molecular flexibility index (Phi) is 6.61. The third-order valence-corrected chi connectivity index (χ3v) is 7.17. The Morgan fingerprint density at radius 1 is 0.806 bits per heavy atom. The maximum Gasteiger partial charge on any atom is 0.161 e. The molecule has 2 aromatic carbocycles. The van der Waals surface area contributed by atoms with Crippen molar-refractivity contribution in [3.63, 3.8) is 0 Å². The average molecular weight is 426 g/mol. The lowest BCUT2D eigenvalue weighted by atomic mass is 9.65. The van der Waals surface area contributed by atoms with E-state index >= 15 is 0 Å². The zero-order valence-electron chi connectivity index (χ0n) is 19.3. The number of hydrogen-bond donors (Lipinski definition) is 1. The lowest BCUT2D eigenvalue weighted by molar-refractivity contribution is 0.242. The van der Waals surface area contributed by atoms with Crippen molar-refractivity contribution in [3.8, 4) is 23.0 Å². The lowest BCUT2D eigenvalue weighted by Crippen LogP contribution is -2.46. The molecule has 1 atom stereocenters. The highest BCUT2D eigenvalue weighted by atomic mass is 16.5. The fraction of sp³-hybridized carbons (Fsp3) is 0.538. The summed E-state index contributed by atoms with van der Waals surface area (Å²) in [4.78, 5) is 0. The van der Waals surface area contributed by atoms with Crippen molar-refractivity contribution in [3.05, 3.63) is 47.0 Å². The molecule has 5 nitrogen and oxygen atoms in total. The van der Waals surface area contributed by atoms with Crippen molar-refractivity contribution >= 4 is 0 Å². The maximum absolute atomic E-state index is 5.68. The Balaban J connectivity index is 1.63. The molecular formula is C26H35NO4. The number of benzene rings is 2. The normalized spacial score (nSPS) is 19.5. The molecule has 0 amide bonds. The second kappa shape index (κ2) is 9.39. The van der Waals surface area contributed by atoms with Gasteiger partial charge in [0.1, 0.15) is 0 Å². The van der Waals surface area contributed by atoms with Crippen molar-refractivity contribution in [2.24, 2.45) is 0 Å². The molecule has 1 aliphatic heterocycles. The molecule has 1 spiro atoms. The maximum atomic E-state index is 5.68. The molecule has 1 aliphatic carbocycles. The van der Waals surface area contributed by atoms with E-state index in [1.54, 1.807) is 28.4 Å². The van der Waals surface area contributed by atoms with E-state index in [0.29, 0.717) is 0 Å². The number of aryl methyl sites for hydroxylation is 1. The van der Waals surface area contributed by atoms with E-state index in [1.165, 1.54) is 48.8 Å². The number of nitrogens with one attached hydrogen (secondary N) is 1. The fourth-order valence-electron chi connectivity index (χ4n) is 5.45. The summed E-state index contributed by atoms with van der Waals surface area (Å²) in [6, 6.07) is 10.9. The Morgan fingerprint density at radius 2 is 1.45 bits per heavy atom. The number of fused-ring (bicyclic) bond motifs is 2. The third kappa shape index (κ3) is 4.20. The van der Waals surface area contributed by atoms with Gasteiger partial charge in [0.2, 0.25) is 0 Å². The van der Waals surface area contributed by atoms with Crippen LogP contribution in [0.5, 0.6) is 23.0 Å². The van der Waals surface area contributed by atoms with Crippen LogP contribution in [0.1, 0.15) is 61.3 Å². The molecule has 4 rings (SSSR count). The smallest absolute Gasteiger partial charge is 0.161 e. The van der Waals surface area contributed by atoms with Crippen molar-refractivity contribution in [2.75, 3.05) is 35.0 Å². The molecule has 2 aromatic rings. The molecule has 0 aromatic heterocycles. The summed E-state index contributed by atoms with van der Waals surface area (Å²) in [5.41, 5.74) is 4.29. The van der Waals surface area contributed by atoms with E-state index in [9.17, 15) is 0 Å². The molecule has 0 bridgehead atoms. The molecule has 2 aliphatic rings. The Morgan fingerprint density at radius 3 is 2.13 bits per heavy atom. The van der Waals surface area contributed by atoms with Gasteiger partial charge in [-0.3, -0.25) is 0 Å². The molecule has 5 heteroatoms. The van der Waals surface area contributed by atoms with Gasteiger partial charge in [-0.1, -0.05) is 25.3 Å². The van der Waals surface area contributed by atoms with Gasteiger partial charge in [-0.25, -0.2) is 0 Å². The minimum Gasteiger partial charge on any atom is -0.493 e. The Labute approximate surface area is 186 Å². The second-order valence-corrected chi connectivity index (χ2v) is 8.80. The Bertz CT molecular complexity index is 905. The highest BCUT2D eigenvalue weighted by Crippen LogP contribution is 2.48. The standard InChI is InChI=1S/C26H35NO4/c1-28-22-11-9-18(14-23(22)29-2)8-10-21-19-15-24(30-3)25(31-4)16-20(19)26(17-27-21)12-6-5-7-13-26/h9,11,14-16,21,27H,5-8,10,12-13,17H2,1-4H3/t21-/m1/s1. The summed E-state index contributed by atoms with van der Waals surface area (Å²) >= 11 is 0. The molecule has 0 radical (unpaired) electrons. The molecule has 0 unspecified atom stereocenters. The van der Waals surface area contributed by atoms with E-state index in [2.05, 4.69) is 29.6 Å². The van der Waals surface area contributed by atoms with Gasteiger partial charge >= 0.3 is 0 Å². The molecule has 0 saturated heterocycles. The van der Waals surface area contributed by atoms with E-state index < -0.39 is 0 Å². The summed E-state index contributed by atoms with van der Waals surface area (Å²) in [6.45, 7) is 1.03. The first kappa shape index (κ1) is 21.8. The first-order valence-corrected chi connectivity index (χ1v) is 11.3. The van der Waals surface area contributed by atoms with Gasteiger partial charge in [0, 0.05) is 18.0 Å². The molecular weight excluding hydrogens is 390 g/mol. The average Bonchev–Trinajstić information content (AvgIpc) is 2.83. The Hall–Kier alpha value is -2.40. The van der Waals surface area contributed by atoms with Crippen LogP contribution in [0.15, 0.2) is 30.3 Å². The number of hydrogen-bond acceptors (Lipinski definition) is 5. The monoisotopic (exact) mass is 425 g/mol. The van der Waals surface area contributed by atoms with Crippen LogP contribution in [0.3, 0.4) is 0 Å². The minimum absolute atomic E-state index is 0.215. The molecule has 1 saturated carbocycles. The van der Waals surface area contributed by atoms with Gasteiger partial charge < -0.3 is 24.3 Å². The first-order valence-electron chi connectivity index (χ1n) is 11.3. The number of methoxy groups -OCH3 is 4. The topological polar surface area (TPSA) is 49.0 Å². The van der Waals surface area contributed by atoms with Crippen LogP contribution in [-0.2, 0) is 11.8 Å². The van der Waals surface area contributed by atoms with Crippen LogP contribution in [0, 0.1) is 0 Å². The zero-order chi connectivity index (χ0) is 21.8. The van der Waals surface area contributed by atoms with Crippen LogP contribution in [0.25, 0.3) is 0 Å². The van der Waals surface area contributed by atoms with Gasteiger partial charge in [0.15, 0.2) is 23.0 Å². The molecule has 31 heavy (non-hydrogen) atoms. The van der Waals surface area contributed by atoms with Crippen molar-refractivity contribution < 1.29 is 18.9 Å². The van der Waals surface area contributed by atoms with Crippen LogP contribution >= 0.6 is 0 Å². The predicted molar refractivity (Wildman–Crippen MR) is 123 cm³/mol. The number of rotatable bonds is 7. The van der Waals surface area contributed by atoms with Crippen molar-refractivity contribution in [2.45, 2.75) is 56.4 Å². The highest BCUT2D eigenvalue weighted by molar-refractivity contribution is 5.53. The van der Waals surface area contributed by atoms with Gasteiger partial charge in [0.05, 0.1) is 28.4 Å². The predicted octanol–water partition coefficient (Wildman–Crippen LogP) is 5.20. The zero-order valence-corrected chi connectivity index (χ0v) is 19.3. The second-order valence-electron chi connectivity index (χ2n) is 8.80. The SMILES string of the molecule is COc1ccc(CC[C@H]2NCC3(CCCCC3)c3cc(OC)c(OC)cc32)cc1OC. The van der Waals surface area contributed by atoms with E-state index in [0.717, 1.165) is 42.4 Å². The van der Waals surface area contributed by atoms with E-state index in [4.69, 9.17) is 18.9 Å². The van der Waals surface area contributed by atoms with E-state index in [1.807, 2.05) is 6.07 Å². The van der Waals surface area contributed by atoms with Crippen LogP contribution in [-0.4, -0.2) is 35.0 Å². The highest BCUT2D eigenvalue weighted by Gasteiger charge is 2.41. The summed E-state index contributed by atoms with van der Waals surface area (Å²) in [6.07, 6.45) is 8.38. The summed E-state index contributed by atoms with van der Waals surface area (Å²) in [5, 5.41) is 3.89. The molecule has 168 valence electrons. The van der Waals surface area contributed by atoms with Crippen molar-refractivity contribution in [1.29, 1.82) is 0 Å². The third-order valence-electron chi connectivity index (χ3n) is 7.17. The first-order chi connectivity index (χ1) is 15.1. The van der Waals surface area contributed by atoms with Gasteiger partial charge in [0.25, 0.3) is 0 Å². The largest absolute Gasteiger partial charge is 0.493 e. The minimum atomic E-state index is 0.215. The van der Waals surface area contributed by atoms with Gasteiger partial charge in [-0.2, -0.15) is 0 Å².